The van der Waals surface area contributed by atoms with E-state index in [2.05, 4.69) is 22.1 Å². The highest BCUT2D eigenvalue weighted by Gasteiger charge is 2.13. The van der Waals surface area contributed by atoms with E-state index in [0.717, 1.165) is 24.9 Å². The van der Waals surface area contributed by atoms with Gasteiger partial charge in [-0.15, -0.1) is 0 Å². The molecule has 0 aliphatic carbocycles. The number of hydrazone groups is 1. The molecule has 1 aromatic carbocycles. The Bertz CT molecular complexity index is 897. The average molecular weight is 448 g/mol. The first kappa shape index (κ1) is 24.2. The van der Waals surface area contributed by atoms with Crippen LogP contribution in [0, 0.1) is 0 Å². The van der Waals surface area contributed by atoms with Gasteiger partial charge in [0.15, 0.2) is 16.6 Å². The van der Waals surface area contributed by atoms with Crippen molar-refractivity contribution in [1.82, 2.24) is 10.3 Å². The Morgan fingerprint density at radius 2 is 2.03 bits per heavy atom. The third-order valence-electron chi connectivity index (χ3n) is 4.17. The summed E-state index contributed by atoms with van der Waals surface area (Å²) in [6, 6.07) is 8.72. The smallest absolute Gasteiger partial charge is 0.373 e. The fourth-order valence-electron chi connectivity index (χ4n) is 2.50. The van der Waals surface area contributed by atoms with Gasteiger partial charge in [-0.2, -0.15) is 5.10 Å². The Morgan fingerprint density at radius 3 is 2.74 bits per heavy atom. The second kappa shape index (κ2) is 12.6. The van der Waals surface area contributed by atoms with Crippen molar-refractivity contribution in [3.8, 4) is 11.5 Å². The maximum absolute atomic E-state index is 11.5. The van der Waals surface area contributed by atoms with Gasteiger partial charge in [-0.3, -0.25) is 0 Å². The molecular weight excluding hydrogens is 418 g/mol. The lowest BCUT2D eigenvalue weighted by molar-refractivity contribution is 0.0561. The van der Waals surface area contributed by atoms with Gasteiger partial charge in [-0.1, -0.05) is 13.3 Å². The van der Waals surface area contributed by atoms with Crippen molar-refractivity contribution in [2.45, 2.75) is 33.3 Å². The SMILES string of the molecule is CCCCNC(=S)N(C)/N=C\c1ccc(OCc2ccc(C(=O)OC)o2)c(OCC)c1. The first-order chi connectivity index (χ1) is 15.0. The number of hydrogen-bond donors (Lipinski definition) is 1. The predicted octanol–water partition coefficient (Wildman–Crippen LogP) is 3.98. The lowest BCUT2D eigenvalue weighted by atomic mass is 10.2. The fourth-order valence-corrected chi connectivity index (χ4v) is 2.65. The van der Waals surface area contributed by atoms with E-state index in [9.17, 15) is 4.79 Å². The summed E-state index contributed by atoms with van der Waals surface area (Å²) < 4.78 is 21.6. The molecule has 0 saturated carbocycles. The van der Waals surface area contributed by atoms with Crippen molar-refractivity contribution in [3.05, 3.63) is 47.4 Å². The van der Waals surface area contributed by atoms with Crippen molar-refractivity contribution >= 4 is 29.5 Å². The van der Waals surface area contributed by atoms with Gasteiger partial charge < -0.3 is 23.9 Å². The van der Waals surface area contributed by atoms with Crippen LogP contribution in [-0.2, 0) is 11.3 Å². The molecule has 0 atom stereocenters. The molecule has 2 aromatic rings. The maximum atomic E-state index is 11.5. The number of hydrogen-bond acceptors (Lipinski definition) is 7. The summed E-state index contributed by atoms with van der Waals surface area (Å²) in [5.41, 5.74) is 0.838. The molecule has 0 fully saturated rings. The van der Waals surface area contributed by atoms with Crippen molar-refractivity contribution < 1.29 is 23.4 Å². The molecule has 0 radical (unpaired) electrons. The number of unbranched alkanes of at least 4 members (excludes halogenated alkanes) is 1. The van der Waals surface area contributed by atoms with Crippen LogP contribution in [-0.4, -0.2) is 49.6 Å². The molecule has 0 aliphatic rings. The average Bonchev–Trinajstić information content (AvgIpc) is 3.25. The van der Waals surface area contributed by atoms with Gasteiger partial charge in [0.2, 0.25) is 5.76 Å². The number of carbonyl (C=O) groups is 1. The van der Waals surface area contributed by atoms with Crippen molar-refractivity contribution in [2.75, 3.05) is 27.3 Å². The topological polar surface area (TPSA) is 85.5 Å². The van der Waals surface area contributed by atoms with Crippen LogP contribution >= 0.6 is 12.2 Å². The highest BCUT2D eigenvalue weighted by atomic mass is 32.1. The van der Waals surface area contributed by atoms with E-state index in [1.165, 1.54) is 7.11 Å². The molecule has 1 aromatic heterocycles. The largest absolute Gasteiger partial charge is 0.490 e. The minimum absolute atomic E-state index is 0.129. The van der Waals surface area contributed by atoms with Crippen LogP contribution in [0.15, 0.2) is 39.9 Å². The number of thiocarbonyl (C=S) groups is 1. The summed E-state index contributed by atoms with van der Waals surface area (Å²) in [5.74, 6) is 1.23. The van der Waals surface area contributed by atoms with Gasteiger partial charge in [-0.25, -0.2) is 9.80 Å². The summed E-state index contributed by atoms with van der Waals surface area (Å²) in [6.45, 7) is 5.48. The minimum Gasteiger partial charge on any atom is -0.490 e. The van der Waals surface area contributed by atoms with Crippen LogP contribution in [0.3, 0.4) is 0 Å². The number of esters is 1. The highest BCUT2D eigenvalue weighted by Crippen LogP contribution is 2.29. The van der Waals surface area contributed by atoms with Crippen molar-refractivity contribution in [1.29, 1.82) is 0 Å². The Balaban J connectivity index is 2.02. The monoisotopic (exact) mass is 447 g/mol. The Labute approximate surface area is 188 Å². The van der Waals surface area contributed by atoms with Crippen LogP contribution in [0.4, 0.5) is 0 Å². The molecule has 0 aliphatic heterocycles. The van der Waals surface area contributed by atoms with Crippen LogP contribution in [0.25, 0.3) is 0 Å². The summed E-state index contributed by atoms with van der Waals surface area (Å²) in [5, 5.41) is 9.73. The number of nitrogens with one attached hydrogen (secondary N) is 1. The first-order valence-electron chi connectivity index (χ1n) is 10.1. The molecule has 31 heavy (non-hydrogen) atoms. The van der Waals surface area contributed by atoms with Crippen molar-refractivity contribution in [3.63, 3.8) is 0 Å². The van der Waals surface area contributed by atoms with Crippen molar-refractivity contribution in [2.24, 2.45) is 5.10 Å². The lowest BCUT2D eigenvalue weighted by Crippen LogP contribution is -2.34. The number of carbonyl (C=O) groups excluding carboxylic acids is 1. The zero-order valence-corrected chi connectivity index (χ0v) is 19.2. The zero-order valence-electron chi connectivity index (χ0n) is 18.3. The zero-order chi connectivity index (χ0) is 22.6. The Morgan fingerprint density at radius 1 is 1.23 bits per heavy atom. The fraction of sp³-hybridized carbons (Fsp3) is 0.409. The summed E-state index contributed by atoms with van der Waals surface area (Å²) in [7, 11) is 3.10. The van der Waals surface area contributed by atoms with Gasteiger partial charge in [0, 0.05) is 13.6 Å². The maximum Gasteiger partial charge on any atom is 0.373 e. The van der Waals surface area contributed by atoms with E-state index >= 15 is 0 Å². The molecule has 0 saturated heterocycles. The van der Waals surface area contributed by atoms with Gasteiger partial charge in [0.05, 0.1) is 19.9 Å². The Kier molecular flexibility index (Phi) is 9.83. The summed E-state index contributed by atoms with van der Waals surface area (Å²) >= 11 is 5.32. The van der Waals surface area contributed by atoms with E-state index in [1.807, 2.05) is 19.1 Å². The quantitative estimate of drug-likeness (QED) is 0.182. The molecule has 1 N–H and O–H groups in total. The minimum atomic E-state index is -0.532. The molecule has 2 rings (SSSR count). The standard InChI is InChI=1S/C22H29N3O5S/c1-5-7-12-23-22(31)25(3)24-14-16-8-10-18(20(13-16)28-6-2)29-15-17-9-11-19(30-17)21(26)27-4/h8-11,13-14H,5-7,12,15H2,1-4H3,(H,23,31)/b24-14-. The number of ether oxygens (including phenoxy) is 3. The molecular formula is C22H29N3O5S. The molecule has 0 bridgehead atoms. The van der Waals surface area contributed by atoms with Crippen LogP contribution < -0.4 is 14.8 Å². The molecule has 0 spiro atoms. The van der Waals surface area contributed by atoms with E-state index in [-0.39, 0.29) is 12.4 Å². The van der Waals surface area contributed by atoms with Gasteiger partial charge in [0.25, 0.3) is 0 Å². The van der Waals surface area contributed by atoms with Gasteiger partial charge >= 0.3 is 5.97 Å². The van der Waals surface area contributed by atoms with Gasteiger partial charge in [-0.05, 0) is 61.5 Å². The van der Waals surface area contributed by atoms with E-state index in [0.29, 0.717) is 29.0 Å². The summed E-state index contributed by atoms with van der Waals surface area (Å²) in [6.07, 6.45) is 3.86. The molecule has 9 heteroatoms. The predicted molar refractivity (Wildman–Crippen MR) is 123 cm³/mol. The molecule has 0 amide bonds. The van der Waals surface area contributed by atoms with Crippen LogP contribution in [0.1, 0.15) is 48.6 Å². The third-order valence-corrected chi connectivity index (χ3v) is 4.57. The van der Waals surface area contributed by atoms with E-state index in [1.54, 1.807) is 36.5 Å². The normalized spacial score (nSPS) is 10.7. The number of benzene rings is 1. The second-order valence-corrected chi connectivity index (χ2v) is 6.93. The number of furan rings is 1. The lowest BCUT2D eigenvalue weighted by Gasteiger charge is -2.15. The molecule has 0 unspecified atom stereocenters. The van der Waals surface area contributed by atoms with Gasteiger partial charge in [0.1, 0.15) is 12.4 Å². The highest BCUT2D eigenvalue weighted by molar-refractivity contribution is 7.80. The Hall–Kier alpha value is -3.07. The number of rotatable bonds is 11. The molecule has 1 heterocycles. The molecule has 168 valence electrons. The summed E-state index contributed by atoms with van der Waals surface area (Å²) in [4.78, 5) is 11.5. The van der Waals surface area contributed by atoms with E-state index in [4.69, 9.17) is 26.1 Å². The number of methoxy groups -OCH3 is 1. The van der Waals surface area contributed by atoms with Crippen LogP contribution in [0.5, 0.6) is 11.5 Å². The van der Waals surface area contributed by atoms with E-state index < -0.39 is 5.97 Å². The second-order valence-electron chi connectivity index (χ2n) is 6.54. The third kappa shape index (κ3) is 7.60. The molecule has 8 nitrogen and oxygen atoms in total. The first-order valence-corrected chi connectivity index (χ1v) is 10.5. The van der Waals surface area contributed by atoms with Crippen LogP contribution in [0.2, 0.25) is 0 Å². The number of nitrogens with zero attached hydrogens (tertiary/aromatic N) is 2.